The maximum atomic E-state index is 10.9. The van der Waals surface area contributed by atoms with Gasteiger partial charge < -0.3 is 14.2 Å². The Morgan fingerprint density at radius 3 is 3.00 bits per heavy atom. The van der Waals surface area contributed by atoms with Gasteiger partial charge in [-0.25, -0.2) is 0 Å². The highest BCUT2D eigenvalue weighted by molar-refractivity contribution is 5.70. The summed E-state index contributed by atoms with van der Waals surface area (Å²) in [5.41, 5.74) is 0. The maximum absolute atomic E-state index is 10.9. The molecule has 2 bridgehead atoms. The molecule has 0 unspecified atom stereocenters. The molecule has 2 aliphatic heterocycles. The highest BCUT2D eigenvalue weighted by Gasteiger charge is 2.37. The molecular formula is C8H12O4. The summed E-state index contributed by atoms with van der Waals surface area (Å²) in [6, 6.07) is 0. The smallest absolute Gasteiger partial charge is 0.310 e. The van der Waals surface area contributed by atoms with Crippen molar-refractivity contribution >= 4 is 5.97 Å². The molecule has 0 radical (unpaired) electrons. The lowest BCUT2D eigenvalue weighted by Crippen LogP contribution is -2.44. The molecule has 4 nitrogen and oxygen atoms in total. The lowest BCUT2D eigenvalue weighted by atomic mass is 10.0. The van der Waals surface area contributed by atoms with Crippen molar-refractivity contribution in [3.05, 3.63) is 0 Å². The number of methoxy groups -OCH3 is 1. The minimum atomic E-state index is -0.366. The molecule has 0 N–H and O–H groups in total. The molecule has 2 fully saturated rings. The Kier molecular flexibility index (Phi) is 2.02. The average Bonchev–Trinajstić information content (AvgIpc) is 2.02. The Bertz CT molecular complexity index is 175. The van der Waals surface area contributed by atoms with Gasteiger partial charge in [0.25, 0.3) is 0 Å². The standard InChI is InChI=1S/C8H12O4/c1-10-5-2-6-3-7(9)12-8(4-5)11-6/h5-6,8H,2-4H2,1H3/t5-,6-,8-/m0/s1. The second-order valence-electron chi connectivity index (χ2n) is 3.21. The second kappa shape index (κ2) is 3.03. The summed E-state index contributed by atoms with van der Waals surface area (Å²) in [6.07, 6.45) is 1.67. The van der Waals surface area contributed by atoms with Crippen LogP contribution in [0.2, 0.25) is 0 Å². The zero-order chi connectivity index (χ0) is 8.55. The summed E-state index contributed by atoms with van der Waals surface area (Å²) in [4.78, 5) is 10.9. The topological polar surface area (TPSA) is 44.8 Å². The zero-order valence-corrected chi connectivity index (χ0v) is 6.99. The van der Waals surface area contributed by atoms with Crippen LogP contribution >= 0.6 is 0 Å². The SMILES string of the molecule is CO[C@H]1C[C@H]2CC(=O)O[C@@H](C1)O2. The van der Waals surface area contributed by atoms with Crippen LogP contribution in [0.5, 0.6) is 0 Å². The highest BCUT2D eigenvalue weighted by Crippen LogP contribution is 2.28. The van der Waals surface area contributed by atoms with Gasteiger partial charge in [0.05, 0.1) is 18.6 Å². The van der Waals surface area contributed by atoms with Crippen molar-refractivity contribution in [1.82, 2.24) is 0 Å². The van der Waals surface area contributed by atoms with Gasteiger partial charge in [0.1, 0.15) is 0 Å². The third-order valence-corrected chi connectivity index (χ3v) is 2.32. The Labute approximate surface area is 70.8 Å². The summed E-state index contributed by atoms with van der Waals surface area (Å²) in [5, 5.41) is 0. The van der Waals surface area contributed by atoms with E-state index in [0.29, 0.717) is 12.8 Å². The number of fused-ring (bicyclic) bond motifs is 2. The molecule has 0 aromatic carbocycles. The molecule has 2 aliphatic rings. The molecule has 0 spiro atoms. The van der Waals surface area contributed by atoms with Crippen molar-refractivity contribution < 1.29 is 19.0 Å². The van der Waals surface area contributed by atoms with Crippen molar-refractivity contribution in [3.8, 4) is 0 Å². The van der Waals surface area contributed by atoms with Crippen molar-refractivity contribution in [2.45, 2.75) is 37.8 Å². The van der Waals surface area contributed by atoms with E-state index in [0.717, 1.165) is 6.42 Å². The quantitative estimate of drug-likeness (QED) is 0.539. The minimum absolute atomic E-state index is 0.00921. The third kappa shape index (κ3) is 1.44. The molecule has 3 atom stereocenters. The first-order valence-corrected chi connectivity index (χ1v) is 4.15. The molecule has 12 heavy (non-hydrogen) atoms. The third-order valence-electron chi connectivity index (χ3n) is 2.32. The molecule has 2 rings (SSSR count). The van der Waals surface area contributed by atoms with E-state index in [9.17, 15) is 4.79 Å². The van der Waals surface area contributed by atoms with E-state index >= 15 is 0 Å². The summed E-state index contributed by atoms with van der Waals surface area (Å²) in [5.74, 6) is -0.147. The van der Waals surface area contributed by atoms with E-state index in [-0.39, 0.29) is 24.5 Å². The van der Waals surface area contributed by atoms with Crippen LogP contribution in [0, 0.1) is 0 Å². The van der Waals surface area contributed by atoms with Crippen LogP contribution in [-0.4, -0.2) is 31.6 Å². The Morgan fingerprint density at radius 2 is 2.33 bits per heavy atom. The molecule has 0 aliphatic carbocycles. The number of hydrogen-bond donors (Lipinski definition) is 0. The molecule has 2 saturated heterocycles. The van der Waals surface area contributed by atoms with Crippen LogP contribution in [-0.2, 0) is 19.0 Å². The maximum Gasteiger partial charge on any atom is 0.310 e. The first-order valence-electron chi connectivity index (χ1n) is 4.15. The molecule has 2 heterocycles. The second-order valence-corrected chi connectivity index (χ2v) is 3.21. The molecule has 0 saturated carbocycles. The molecule has 0 amide bonds. The fourth-order valence-corrected chi connectivity index (χ4v) is 1.71. The fourth-order valence-electron chi connectivity index (χ4n) is 1.71. The van der Waals surface area contributed by atoms with Gasteiger partial charge in [-0.2, -0.15) is 0 Å². The fraction of sp³-hybridized carbons (Fsp3) is 0.875. The van der Waals surface area contributed by atoms with Gasteiger partial charge >= 0.3 is 5.97 Å². The van der Waals surface area contributed by atoms with Gasteiger partial charge in [0.15, 0.2) is 0 Å². The molecule has 68 valence electrons. The van der Waals surface area contributed by atoms with E-state index in [1.165, 1.54) is 0 Å². The summed E-state index contributed by atoms with van der Waals surface area (Å²) >= 11 is 0. The average molecular weight is 172 g/mol. The zero-order valence-electron chi connectivity index (χ0n) is 6.99. The van der Waals surface area contributed by atoms with E-state index in [1.807, 2.05) is 0 Å². The Morgan fingerprint density at radius 1 is 1.50 bits per heavy atom. The minimum Gasteiger partial charge on any atom is -0.436 e. The lowest BCUT2D eigenvalue weighted by Gasteiger charge is -2.37. The predicted octanol–water partition coefficient (Wildman–Crippen LogP) is 0.453. The summed E-state index contributed by atoms with van der Waals surface area (Å²) < 4.78 is 15.5. The van der Waals surface area contributed by atoms with E-state index in [4.69, 9.17) is 14.2 Å². The molecule has 0 aromatic rings. The van der Waals surface area contributed by atoms with Gasteiger partial charge in [-0.3, -0.25) is 4.79 Å². The number of rotatable bonds is 1. The lowest BCUT2D eigenvalue weighted by molar-refractivity contribution is -0.244. The normalized spacial score (nSPS) is 40.8. The highest BCUT2D eigenvalue weighted by atomic mass is 16.7. The molecular weight excluding hydrogens is 160 g/mol. The predicted molar refractivity (Wildman–Crippen MR) is 39.4 cm³/mol. The Balaban J connectivity index is 2.00. The number of hydrogen-bond acceptors (Lipinski definition) is 4. The number of carbonyl (C=O) groups excluding carboxylic acids is 1. The molecule has 0 aromatic heterocycles. The van der Waals surface area contributed by atoms with Crippen molar-refractivity contribution in [1.29, 1.82) is 0 Å². The summed E-state index contributed by atoms with van der Waals surface area (Å²) in [6.45, 7) is 0. The van der Waals surface area contributed by atoms with Crippen molar-refractivity contribution in [2.24, 2.45) is 0 Å². The number of carbonyl (C=O) groups is 1. The van der Waals surface area contributed by atoms with Gasteiger partial charge in [0.2, 0.25) is 6.29 Å². The largest absolute Gasteiger partial charge is 0.436 e. The van der Waals surface area contributed by atoms with E-state index in [1.54, 1.807) is 7.11 Å². The monoisotopic (exact) mass is 172 g/mol. The molecule has 4 heteroatoms. The van der Waals surface area contributed by atoms with Crippen LogP contribution in [0.4, 0.5) is 0 Å². The Hall–Kier alpha value is -0.610. The first kappa shape index (κ1) is 8.01. The summed E-state index contributed by atoms with van der Waals surface area (Å²) in [7, 11) is 1.67. The van der Waals surface area contributed by atoms with E-state index in [2.05, 4.69) is 0 Å². The van der Waals surface area contributed by atoms with Crippen LogP contribution in [0.1, 0.15) is 19.3 Å². The van der Waals surface area contributed by atoms with Gasteiger partial charge in [-0.1, -0.05) is 0 Å². The van der Waals surface area contributed by atoms with Crippen molar-refractivity contribution in [2.75, 3.05) is 7.11 Å². The van der Waals surface area contributed by atoms with Gasteiger partial charge in [-0.05, 0) is 0 Å². The van der Waals surface area contributed by atoms with Crippen LogP contribution in [0.3, 0.4) is 0 Å². The van der Waals surface area contributed by atoms with E-state index < -0.39 is 0 Å². The number of esters is 1. The number of ether oxygens (including phenoxy) is 3. The van der Waals surface area contributed by atoms with Crippen LogP contribution in [0.25, 0.3) is 0 Å². The van der Waals surface area contributed by atoms with Gasteiger partial charge in [0, 0.05) is 20.0 Å². The van der Waals surface area contributed by atoms with Gasteiger partial charge in [-0.15, -0.1) is 0 Å². The van der Waals surface area contributed by atoms with Crippen LogP contribution in [0.15, 0.2) is 0 Å². The first-order chi connectivity index (χ1) is 5.78. The van der Waals surface area contributed by atoms with Crippen LogP contribution < -0.4 is 0 Å². The van der Waals surface area contributed by atoms with Crippen molar-refractivity contribution in [3.63, 3.8) is 0 Å².